The molecule has 2 atom stereocenters. The predicted molar refractivity (Wildman–Crippen MR) is 117 cm³/mol. The molecule has 1 fully saturated rings. The Hall–Kier alpha value is -1.63. The number of aliphatic imine (C=N–C) groups is 1. The lowest BCUT2D eigenvalue weighted by Gasteiger charge is -2.55. The highest BCUT2D eigenvalue weighted by Crippen LogP contribution is 2.48. The minimum Gasteiger partial charge on any atom is -0.378 e. The lowest BCUT2D eigenvalue weighted by atomic mass is 9.58. The second-order valence-electron chi connectivity index (χ2n) is 8.41. The first-order chi connectivity index (χ1) is 14.2. The van der Waals surface area contributed by atoms with Crippen molar-refractivity contribution >= 4 is 5.96 Å². The van der Waals surface area contributed by atoms with E-state index >= 15 is 0 Å². The van der Waals surface area contributed by atoms with Crippen LogP contribution in [0.5, 0.6) is 0 Å². The number of nitrogens with one attached hydrogen (secondary N) is 2. The van der Waals surface area contributed by atoms with Crippen LogP contribution in [0.25, 0.3) is 0 Å². The van der Waals surface area contributed by atoms with E-state index in [0.717, 1.165) is 70.0 Å². The number of aryl methyl sites for hydroxylation is 2. The molecule has 1 aliphatic carbocycles. The molecule has 0 radical (unpaired) electrons. The van der Waals surface area contributed by atoms with Crippen molar-refractivity contribution in [2.75, 3.05) is 20.2 Å². The molecule has 0 bridgehead atoms. The van der Waals surface area contributed by atoms with Gasteiger partial charge in [-0.1, -0.05) is 20.3 Å². The molecular weight excluding hydrogens is 364 g/mol. The van der Waals surface area contributed by atoms with Gasteiger partial charge in [0.1, 0.15) is 11.6 Å². The van der Waals surface area contributed by atoms with Gasteiger partial charge in [-0.2, -0.15) is 0 Å². The Morgan fingerprint density at radius 1 is 1.21 bits per heavy atom. The Labute approximate surface area is 176 Å². The Morgan fingerprint density at radius 2 is 2.03 bits per heavy atom. The molecule has 0 amide bonds. The molecule has 2 unspecified atom stereocenters. The van der Waals surface area contributed by atoms with Crippen LogP contribution in [-0.4, -0.2) is 53.1 Å². The Bertz CT molecular complexity index is 666. The van der Waals surface area contributed by atoms with Gasteiger partial charge in [-0.3, -0.25) is 4.99 Å². The minimum atomic E-state index is 0.215. The van der Waals surface area contributed by atoms with Crippen molar-refractivity contribution in [2.45, 2.75) is 97.2 Å². The molecule has 3 rings (SSSR count). The third kappa shape index (κ3) is 4.76. The molecule has 0 aromatic carbocycles. The van der Waals surface area contributed by atoms with Gasteiger partial charge in [-0.05, 0) is 45.4 Å². The number of rotatable bonds is 9. The predicted octanol–water partition coefficient (Wildman–Crippen LogP) is 3.09. The van der Waals surface area contributed by atoms with Crippen molar-refractivity contribution in [1.82, 2.24) is 25.4 Å². The van der Waals surface area contributed by atoms with Gasteiger partial charge in [0, 0.05) is 51.0 Å². The Kier molecular flexibility index (Phi) is 7.92. The highest BCUT2D eigenvalue weighted by molar-refractivity contribution is 5.80. The van der Waals surface area contributed by atoms with E-state index in [4.69, 9.17) is 4.74 Å². The van der Waals surface area contributed by atoms with Crippen LogP contribution in [0.15, 0.2) is 4.99 Å². The Balaban J connectivity index is 1.46. The van der Waals surface area contributed by atoms with Gasteiger partial charge < -0.3 is 19.9 Å². The van der Waals surface area contributed by atoms with Gasteiger partial charge in [0.15, 0.2) is 5.96 Å². The molecule has 2 heterocycles. The highest BCUT2D eigenvalue weighted by Gasteiger charge is 2.53. The first kappa shape index (κ1) is 22.1. The van der Waals surface area contributed by atoms with Crippen molar-refractivity contribution in [1.29, 1.82) is 0 Å². The molecule has 1 aromatic heterocycles. The number of nitrogens with zero attached hydrogens (tertiary/aromatic N) is 4. The third-order valence-electron chi connectivity index (χ3n) is 7.06. The normalized spacial score (nSPS) is 23.8. The maximum atomic E-state index is 6.00. The molecule has 2 aliphatic rings. The van der Waals surface area contributed by atoms with E-state index in [2.05, 4.69) is 51.2 Å². The average molecular weight is 405 g/mol. The van der Waals surface area contributed by atoms with E-state index < -0.39 is 0 Å². The van der Waals surface area contributed by atoms with Gasteiger partial charge in [0.25, 0.3) is 0 Å². The smallest absolute Gasteiger partial charge is 0.191 e. The summed E-state index contributed by atoms with van der Waals surface area (Å²) < 4.78 is 8.35. The maximum absolute atomic E-state index is 6.00. The molecule has 7 nitrogen and oxygen atoms in total. The van der Waals surface area contributed by atoms with Crippen LogP contribution >= 0.6 is 0 Å². The summed E-state index contributed by atoms with van der Waals surface area (Å²) in [6.07, 6.45) is 10.5. The van der Waals surface area contributed by atoms with E-state index in [0.29, 0.717) is 12.1 Å². The number of ether oxygens (including phenoxy) is 1. The molecule has 164 valence electrons. The zero-order valence-corrected chi connectivity index (χ0v) is 18.8. The monoisotopic (exact) mass is 404 g/mol. The number of guanidine groups is 1. The quantitative estimate of drug-likeness (QED) is 0.376. The maximum Gasteiger partial charge on any atom is 0.191 e. The van der Waals surface area contributed by atoms with Crippen molar-refractivity contribution in [3.63, 3.8) is 0 Å². The van der Waals surface area contributed by atoms with Gasteiger partial charge in [-0.25, -0.2) is 0 Å². The lowest BCUT2D eigenvalue weighted by molar-refractivity contribution is -0.133. The van der Waals surface area contributed by atoms with Crippen LogP contribution < -0.4 is 10.6 Å². The molecule has 7 heteroatoms. The first-order valence-electron chi connectivity index (χ1n) is 11.7. The van der Waals surface area contributed by atoms with Crippen LogP contribution in [-0.2, 0) is 24.1 Å². The van der Waals surface area contributed by atoms with E-state index in [1.807, 2.05) is 7.05 Å². The summed E-state index contributed by atoms with van der Waals surface area (Å²) in [7, 11) is 1.85. The lowest BCUT2D eigenvalue weighted by Crippen LogP contribution is -2.65. The first-order valence-corrected chi connectivity index (χ1v) is 11.7. The second kappa shape index (κ2) is 10.4. The zero-order chi connectivity index (χ0) is 20.7. The summed E-state index contributed by atoms with van der Waals surface area (Å²) in [6.45, 7) is 9.40. The summed E-state index contributed by atoms with van der Waals surface area (Å²) >= 11 is 0. The van der Waals surface area contributed by atoms with Crippen LogP contribution in [0.1, 0.15) is 77.4 Å². The third-order valence-corrected chi connectivity index (χ3v) is 7.06. The SMILES string of the molecule is CCOC1CC(NC(=NC)NCCCc2nnc3n2CCCCC3)C1(CC)CC. The summed E-state index contributed by atoms with van der Waals surface area (Å²) in [5, 5.41) is 16.0. The number of aromatic nitrogens is 3. The minimum absolute atomic E-state index is 0.215. The van der Waals surface area contributed by atoms with E-state index in [9.17, 15) is 0 Å². The van der Waals surface area contributed by atoms with Gasteiger partial charge in [0.05, 0.1) is 6.10 Å². The van der Waals surface area contributed by atoms with Crippen molar-refractivity contribution < 1.29 is 4.74 Å². The fourth-order valence-electron chi connectivity index (χ4n) is 5.13. The van der Waals surface area contributed by atoms with Crippen molar-refractivity contribution in [3.05, 3.63) is 11.6 Å². The fraction of sp³-hybridized carbons (Fsp3) is 0.864. The zero-order valence-electron chi connectivity index (χ0n) is 18.8. The van der Waals surface area contributed by atoms with Gasteiger partial charge in [0.2, 0.25) is 0 Å². The fourth-order valence-corrected chi connectivity index (χ4v) is 5.13. The number of hydrogen-bond donors (Lipinski definition) is 2. The molecular formula is C22H40N6O. The molecule has 1 aromatic rings. The van der Waals surface area contributed by atoms with Crippen LogP contribution in [0.2, 0.25) is 0 Å². The van der Waals surface area contributed by atoms with Crippen molar-refractivity contribution in [3.8, 4) is 0 Å². The van der Waals surface area contributed by atoms with E-state index in [-0.39, 0.29) is 5.41 Å². The van der Waals surface area contributed by atoms with Crippen LogP contribution in [0, 0.1) is 5.41 Å². The highest BCUT2D eigenvalue weighted by atomic mass is 16.5. The molecule has 0 spiro atoms. The van der Waals surface area contributed by atoms with E-state index in [1.165, 1.54) is 25.1 Å². The van der Waals surface area contributed by atoms with Gasteiger partial charge >= 0.3 is 0 Å². The topological polar surface area (TPSA) is 76.4 Å². The summed E-state index contributed by atoms with van der Waals surface area (Å²) in [6, 6.07) is 0.424. The molecule has 29 heavy (non-hydrogen) atoms. The second-order valence-corrected chi connectivity index (χ2v) is 8.41. The molecule has 0 saturated heterocycles. The number of hydrogen-bond acceptors (Lipinski definition) is 4. The Morgan fingerprint density at radius 3 is 2.76 bits per heavy atom. The molecule has 2 N–H and O–H groups in total. The molecule has 1 saturated carbocycles. The van der Waals surface area contributed by atoms with E-state index in [1.54, 1.807) is 0 Å². The van der Waals surface area contributed by atoms with Crippen molar-refractivity contribution in [2.24, 2.45) is 10.4 Å². The van der Waals surface area contributed by atoms with Gasteiger partial charge in [-0.15, -0.1) is 10.2 Å². The summed E-state index contributed by atoms with van der Waals surface area (Å²) in [5.41, 5.74) is 0.215. The number of fused-ring (bicyclic) bond motifs is 1. The average Bonchev–Trinajstić information content (AvgIpc) is 2.95. The molecule has 1 aliphatic heterocycles. The van der Waals surface area contributed by atoms with Crippen LogP contribution in [0.3, 0.4) is 0 Å². The van der Waals surface area contributed by atoms with Crippen LogP contribution in [0.4, 0.5) is 0 Å². The summed E-state index contributed by atoms with van der Waals surface area (Å²) in [5.74, 6) is 3.21. The standard InChI is InChI=1S/C22H40N6O/c1-5-22(6-2)17(16-18(22)29-7-3)25-21(23-4)24-14-11-13-20-27-26-19-12-9-8-10-15-28(19)20/h17-18H,5-16H2,1-4H3,(H2,23,24,25). The largest absolute Gasteiger partial charge is 0.378 e. The summed E-state index contributed by atoms with van der Waals surface area (Å²) in [4.78, 5) is 4.45.